The minimum Gasteiger partial charge on any atom is -0.481 e. The number of rotatable bonds is 9. The zero-order valence-electron chi connectivity index (χ0n) is 20.3. The number of nitrogens with zero attached hydrogens (tertiary/aromatic N) is 4. The molecule has 12 nitrogen and oxygen atoms in total. The number of hydrogen-bond donors (Lipinski definition) is 2. The van der Waals surface area contributed by atoms with Crippen molar-refractivity contribution in [2.24, 2.45) is 0 Å². The monoisotopic (exact) mass is 509 g/mol. The van der Waals surface area contributed by atoms with Gasteiger partial charge < -0.3 is 24.9 Å². The van der Waals surface area contributed by atoms with Gasteiger partial charge in [-0.3, -0.25) is 14.4 Å². The molecule has 0 aliphatic carbocycles. The Bertz CT molecular complexity index is 1170. The van der Waals surface area contributed by atoms with E-state index in [0.717, 1.165) is 0 Å². The quantitative estimate of drug-likeness (QED) is 0.374. The van der Waals surface area contributed by atoms with Crippen LogP contribution in [0, 0.1) is 12.3 Å². The standard InChI is InChI=1S/C25H27N5O7/c1-3-18-16-20(27-22(26-18)17-8-6-5-7-9-17)23(33)28-19(10-11-21(31)32)24(34)29-12-14-30(15-13-29)37-25(35)36-4-2/h1,5-9,16,19H,4,10-15H2,2H3,(H,28,33)(H,31,32)/t19-/m0/s1. The largest absolute Gasteiger partial charge is 0.527 e. The summed E-state index contributed by atoms with van der Waals surface area (Å²) in [6.45, 7) is 2.67. The van der Waals surface area contributed by atoms with E-state index in [2.05, 4.69) is 21.2 Å². The van der Waals surface area contributed by atoms with E-state index in [0.29, 0.717) is 5.56 Å². The molecule has 1 aliphatic heterocycles. The number of carboxylic acid groups (broad SMARTS) is 1. The zero-order valence-corrected chi connectivity index (χ0v) is 20.3. The van der Waals surface area contributed by atoms with Crippen LogP contribution < -0.4 is 5.32 Å². The van der Waals surface area contributed by atoms with E-state index in [1.165, 1.54) is 16.0 Å². The van der Waals surface area contributed by atoms with Crippen LogP contribution in [0.1, 0.15) is 35.9 Å². The van der Waals surface area contributed by atoms with E-state index in [4.69, 9.17) is 21.1 Å². The van der Waals surface area contributed by atoms with Crippen molar-refractivity contribution in [2.45, 2.75) is 25.8 Å². The molecule has 12 heteroatoms. The van der Waals surface area contributed by atoms with Gasteiger partial charge in [0, 0.05) is 31.1 Å². The second-order valence-electron chi connectivity index (χ2n) is 7.96. The van der Waals surface area contributed by atoms with E-state index in [1.807, 2.05) is 6.07 Å². The molecule has 2 amide bonds. The normalized spacial score (nSPS) is 14.2. The Balaban J connectivity index is 1.73. The topological polar surface area (TPSA) is 151 Å². The zero-order chi connectivity index (χ0) is 26.8. The number of benzene rings is 1. The average molecular weight is 510 g/mol. The maximum absolute atomic E-state index is 13.2. The highest BCUT2D eigenvalue weighted by Gasteiger charge is 2.31. The molecule has 1 aliphatic rings. The van der Waals surface area contributed by atoms with Gasteiger partial charge in [-0.05, 0) is 13.3 Å². The number of nitrogens with one attached hydrogen (secondary N) is 1. The third kappa shape index (κ3) is 7.74. The van der Waals surface area contributed by atoms with Crippen molar-refractivity contribution in [3.05, 3.63) is 47.8 Å². The maximum Gasteiger partial charge on any atom is 0.527 e. The Hall–Kier alpha value is -4.50. The number of terminal acetylenes is 1. The Morgan fingerprint density at radius 3 is 2.46 bits per heavy atom. The minimum atomic E-state index is -1.12. The van der Waals surface area contributed by atoms with Gasteiger partial charge in [0.2, 0.25) is 5.91 Å². The minimum absolute atomic E-state index is 0.0532. The van der Waals surface area contributed by atoms with Gasteiger partial charge in [-0.1, -0.05) is 36.3 Å². The first-order chi connectivity index (χ1) is 17.8. The average Bonchev–Trinajstić information content (AvgIpc) is 2.91. The Kier molecular flexibility index (Phi) is 9.51. The van der Waals surface area contributed by atoms with Gasteiger partial charge >= 0.3 is 12.1 Å². The molecule has 1 aromatic carbocycles. The lowest BCUT2D eigenvalue weighted by Crippen LogP contribution is -2.55. The van der Waals surface area contributed by atoms with Gasteiger partial charge in [0.05, 0.1) is 19.7 Å². The highest BCUT2D eigenvalue weighted by Crippen LogP contribution is 2.16. The Morgan fingerprint density at radius 1 is 1.14 bits per heavy atom. The molecule has 0 unspecified atom stereocenters. The molecular weight excluding hydrogens is 482 g/mol. The summed E-state index contributed by atoms with van der Waals surface area (Å²) < 4.78 is 4.74. The van der Waals surface area contributed by atoms with Crippen molar-refractivity contribution in [2.75, 3.05) is 32.8 Å². The fourth-order valence-electron chi connectivity index (χ4n) is 3.58. The number of aliphatic carboxylic acids is 1. The molecule has 1 fully saturated rings. The fraction of sp³-hybridized carbons (Fsp3) is 0.360. The van der Waals surface area contributed by atoms with Crippen molar-refractivity contribution < 1.29 is 33.9 Å². The molecule has 0 radical (unpaired) electrons. The number of aromatic nitrogens is 2. The van der Waals surface area contributed by atoms with Crippen LogP contribution in [0.25, 0.3) is 11.4 Å². The molecular formula is C25H27N5O7. The summed E-state index contributed by atoms with van der Waals surface area (Å²) in [6.07, 6.45) is 4.21. The molecule has 194 valence electrons. The lowest BCUT2D eigenvalue weighted by atomic mass is 10.1. The van der Waals surface area contributed by atoms with Crippen molar-refractivity contribution in [3.63, 3.8) is 0 Å². The van der Waals surface area contributed by atoms with Crippen molar-refractivity contribution in [3.8, 4) is 23.7 Å². The lowest BCUT2D eigenvalue weighted by Gasteiger charge is -2.35. The molecule has 2 N–H and O–H groups in total. The van der Waals surface area contributed by atoms with Crippen LogP contribution >= 0.6 is 0 Å². The second kappa shape index (κ2) is 13.0. The summed E-state index contributed by atoms with van der Waals surface area (Å²) in [6, 6.07) is 9.14. The van der Waals surface area contributed by atoms with E-state index in [9.17, 15) is 19.2 Å². The summed E-state index contributed by atoms with van der Waals surface area (Å²) in [5.41, 5.74) is 0.780. The molecule has 1 aromatic heterocycles. The predicted octanol–water partition coefficient (Wildman–Crippen LogP) is 1.32. The number of hydrogen-bond acceptors (Lipinski definition) is 9. The maximum atomic E-state index is 13.2. The highest BCUT2D eigenvalue weighted by atomic mass is 16.8. The van der Waals surface area contributed by atoms with Crippen LogP contribution in [0.4, 0.5) is 4.79 Å². The number of piperazine rings is 1. The molecule has 3 rings (SSSR count). The molecule has 2 aromatic rings. The van der Waals surface area contributed by atoms with E-state index >= 15 is 0 Å². The molecule has 1 atom stereocenters. The van der Waals surface area contributed by atoms with Crippen LogP contribution in [0.15, 0.2) is 36.4 Å². The van der Waals surface area contributed by atoms with Crippen LogP contribution in [0.2, 0.25) is 0 Å². The fourth-order valence-corrected chi connectivity index (χ4v) is 3.58. The first-order valence-corrected chi connectivity index (χ1v) is 11.6. The van der Waals surface area contributed by atoms with E-state index in [-0.39, 0.29) is 62.8 Å². The summed E-state index contributed by atoms with van der Waals surface area (Å²) in [5.74, 6) is 0.378. The number of ether oxygens (including phenoxy) is 1. The predicted molar refractivity (Wildman–Crippen MR) is 130 cm³/mol. The van der Waals surface area contributed by atoms with Gasteiger partial charge in [-0.2, -0.15) is 0 Å². The van der Waals surface area contributed by atoms with Crippen LogP contribution in [-0.4, -0.2) is 87.8 Å². The SMILES string of the molecule is C#Cc1cc(C(=O)N[C@@H](CCC(=O)O)C(=O)N2CCN(OC(=O)OCC)CC2)nc(-c2ccccc2)n1. The number of hydroxylamine groups is 2. The third-order valence-electron chi connectivity index (χ3n) is 5.41. The van der Waals surface area contributed by atoms with Gasteiger partial charge in [0.25, 0.3) is 5.91 Å². The number of carbonyl (C=O) groups is 4. The summed E-state index contributed by atoms with van der Waals surface area (Å²) in [7, 11) is 0. The van der Waals surface area contributed by atoms with Gasteiger partial charge in [0.15, 0.2) is 5.82 Å². The Morgan fingerprint density at radius 2 is 1.84 bits per heavy atom. The van der Waals surface area contributed by atoms with E-state index < -0.39 is 30.0 Å². The highest BCUT2D eigenvalue weighted by molar-refractivity contribution is 5.96. The van der Waals surface area contributed by atoms with Gasteiger partial charge in [-0.15, -0.1) is 11.5 Å². The summed E-state index contributed by atoms with van der Waals surface area (Å²) in [5, 5.41) is 13.1. The van der Waals surface area contributed by atoms with Crippen LogP contribution in [0.5, 0.6) is 0 Å². The van der Waals surface area contributed by atoms with Crippen LogP contribution in [-0.2, 0) is 19.2 Å². The first-order valence-electron chi connectivity index (χ1n) is 11.6. The summed E-state index contributed by atoms with van der Waals surface area (Å²) >= 11 is 0. The smallest absolute Gasteiger partial charge is 0.481 e. The first kappa shape index (κ1) is 27.1. The molecule has 37 heavy (non-hydrogen) atoms. The second-order valence-corrected chi connectivity index (χ2v) is 7.96. The lowest BCUT2D eigenvalue weighted by molar-refractivity contribution is -0.157. The number of carbonyl (C=O) groups excluding carboxylic acids is 3. The van der Waals surface area contributed by atoms with Crippen molar-refractivity contribution in [1.29, 1.82) is 0 Å². The van der Waals surface area contributed by atoms with Crippen molar-refractivity contribution >= 4 is 23.9 Å². The summed E-state index contributed by atoms with van der Waals surface area (Å²) in [4.78, 5) is 64.1. The van der Waals surface area contributed by atoms with Crippen molar-refractivity contribution in [1.82, 2.24) is 25.2 Å². The number of amides is 2. The number of carboxylic acids is 1. The third-order valence-corrected chi connectivity index (χ3v) is 5.41. The molecule has 0 saturated carbocycles. The Labute approximate surface area is 213 Å². The molecule has 2 heterocycles. The van der Waals surface area contributed by atoms with Gasteiger partial charge in [-0.25, -0.2) is 14.8 Å². The van der Waals surface area contributed by atoms with Crippen LogP contribution in [0.3, 0.4) is 0 Å². The molecule has 0 bridgehead atoms. The molecule has 0 spiro atoms. The molecule has 1 saturated heterocycles. The van der Waals surface area contributed by atoms with Gasteiger partial charge in [0.1, 0.15) is 17.4 Å². The van der Waals surface area contributed by atoms with E-state index in [1.54, 1.807) is 31.2 Å².